The van der Waals surface area contributed by atoms with Crippen molar-refractivity contribution in [1.82, 2.24) is 4.98 Å². The Morgan fingerprint density at radius 3 is 2.15 bits per heavy atom. The van der Waals surface area contributed by atoms with E-state index in [2.05, 4.69) is 4.98 Å². The van der Waals surface area contributed by atoms with Crippen LogP contribution < -0.4 is 5.73 Å². The van der Waals surface area contributed by atoms with E-state index in [0.29, 0.717) is 5.01 Å². The zero-order valence-electron chi connectivity index (χ0n) is 12.0. The highest BCUT2D eigenvalue weighted by atomic mass is 32.1. The van der Waals surface area contributed by atoms with Gasteiger partial charge in [-0.3, -0.25) is 0 Å². The van der Waals surface area contributed by atoms with Crippen LogP contribution in [-0.4, -0.2) is 4.98 Å². The van der Waals surface area contributed by atoms with E-state index in [9.17, 15) is 8.78 Å². The van der Waals surface area contributed by atoms with Gasteiger partial charge in [-0.05, 0) is 31.9 Å². The highest BCUT2D eigenvalue weighted by molar-refractivity contribution is 7.15. The van der Waals surface area contributed by atoms with Gasteiger partial charge in [0.15, 0.2) is 0 Å². The fraction of sp³-hybridized carbons (Fsp3) is 0.400. The van der Waals surface area contributed by atoms with Gasteiger partial charge in [-0.25, -0.2) is 13.8 Å². The van der Waals surface area contributed by atoms with Crippen LogP contribution in [0.1, 0.15) is 44.2 Å². The second-order valence-corrected chi connectivity index (χ2v) is 6.71. The third-order valence-electron chi connectivity index (χ3n) is 2.96. The number of thiazole rings is 1. The average molecular weight is 296 g/mol. The van der Waals surface area contributed by atoms with Gasteiger partial charge < -0.3 is 5.73 Å². The van der Waals surface area contributed by atoms with Gasteiger partial charge in [0.2, 0.25) is 0 Å². The van der Waals surface area contributed by atoms with Crippen LogP contribution >= 0.6 is 11.3 Å². The molecule has 0 amide bonds. The molecule has 1 aromatic heterocycles. The lowest BCUT2D eigenvalue weighted by Crippen LogP contribution is -2.28. The fourth-order valence-electron chi connectivity index (χ4n) is 1.99. The number of rotatable bonds is 3. The summed E-state index contributed by atoms with van der Waals surface area (Å²) >= 11 is 1.26. The van der Waals surface area contributed by atoms with E-state index in [1.165, 1.54) is 29.5 Å². The molecule has 0 unspecified atom stereocenters. The fourth-order valence-corrected chi connectivity index (χ4v) is 3.28. The Hall–Kier alpha value is -1.33. The summed E-state index contributed by atoms with van der Waals surface area (Å²) in [6.07, 6.45) is 0. The van der Waals surface area contributed by atoms with Crippen LogP contribution in [0.4, 0.5) is 8.78 Å². The standard InChI is InChI=1S/C15H18F2N2S/c1-8(2)12-13(15(3,4)18)20-14(19-12)11-9(16)6-5-7-10(11)17/h5-8H,18H2,1-4H3. The van der Waals surface area contributed by atoms with Gasteiger partial charge in [0, 0.05) is 10.4 Å². The highest BCUT2D eigenvalue weighted by Gasteiger charge is 2.27. The first kappa shape index (κ1) is 15.1. The van der Waals surface area contributed by atoms with Crippen molar-refractivity contribution in [2.24, 2.45) is 5.73 Å². The summed E-state index contributed by atoms with van der Waals surface area (Å²) in [5.41, 5.74) is 6.29. The minimum absolute atomic E-state index is 0.0742. The molecule has 108 valence electrons. The molecule has 2 rings (SSSR count). The molecule has 1 aromatic carbocycles. The number of nitrogens with two attached hydrogens (primary N) is 1. The molecule has 1 heterocycles. The largest absolute Gasteiger partial charge is 0.321 e. The maximum atomic E-state index is 13.9. The molecule has 20 heavy (non-hydrogen) atoms. The van der Waals surface area contributed by atoms with Crippen LogP contribution in [0.5, 0.6) is 0 Å². The quantitative estimate of drug-likeness (QED) is 0.911. The third-order valence-corrected chi connectivity index (χ3v) is 4.39. The molecule has 0 radical (unpaired) electrons. The van der Waals surface area contributed by atoms with Crippen molar-refractivity contribution >= 4 is 11.3 Å². The summed E-state index contributed by atoms with van der Waals surface area (Å²) < 4.78 is 27.7. The van der Waals surface area contributed by atoms with E-state index in [4.69, 9.17) is 5.73 Å². The first-order chi connectivity index (χ1) is 9.21. The lowest BCUT2D eigenvalue weighted by molar-refractivity contribution is 0.553. The molecule has 0 aliphatic carbocycles. The van der Waals surface area contributed by atoms with Crippen molar-refractivity contribution in [2.75, 3.05) is 0 Å². The molecule has 0 saturated carbocycles. The van der Waals surface area contributed by atoms with E-state index in [-0.39, 0.29) is 11.5 Å². The Kier molecular flexibility index (Phi) is 3.93. The number of hydrogen-bond acceptors (Lipinski definition) is 3. The van der Waals surface area contributed by atoms with Gasteiger partial charge in [0.05, 0.1) is 11.3 Å². The molecular formula is C15H18F2N2S. The molecule has 0 saturated heterocycles. The van der Waals surface area contributed by atoms with E-state index in [1.54, 1.807) is 0 Å². The van der Waals surface area contributed by atoms with Crippen LogP contribution in [0.2, 0.25) is 0 Å². The van der Waals surface area contributed by atoms with Crippen molar-refractivity contribution in [3.05, 3.63) is 40.4 Å². The molecule has 5 heteroatoms. The van der Waals surface area contributed by atoms with Crippen LogP contribution in [0.3, 0.4) is 0 Å². The first-order valence-electron chi connectivity index (χ1n) is 6.46. The van der Waals surface area contributed by atoms with Gasteiger partial charge in [-0.15, -0.1) is 11.3 Å². The summed E-state index contributed by atoms with van der Waals surface area (Å²) in [7, 11) is 0. The molecule has 2 aromatic rings. The molecule has 2 N–H and O–H groups in total. The van der Waals surface area contributed by atoms with E-state index >= 15 is 0 Å². The minimum Gasteiger partial charge on any atom is -0.321 e. The Morgan fingerprint density at radius 1 is 1.20 bits per heavy atom. The summed E-state index contributed by atoms with van der Waals surface area (Å²) in [5, 5.41) is 0.345. The SMILES string of the molecule is CC(C)c1nc(-c2c(F)cccc2F)sc1C(C)(C)N. The lowest BCUT2D eigenvalue weighted by atomic mass is 9.98. The van der Waals surface area contributed by atoms with Crippen LogP contribution in [0, 0.1) is 11.6 Å². The Balaban J connectivity index is 2.66. The molecule has 0 fully saturated rings. The number of nitrogens with zero attached hydrogens (tertiary/aromatic N) is 1. The third kappa shape index (κ3) is 2.74. The number of hydrogen-bond donors (Lipinski definition) is 1. The summed E-state index contributed by atoms with van der Waals surface area (Å²) in [5.74, 6) is -1.06. The average Bonchev–Trinajstić information content (AvgIpc) is 2.73. The van der Waals surface area contributed by atoms with Crippen molar-refractivity contribution in [3.8, 4) is 10.6 Å². The maximum absolute atomic E-state index is 13.9. The first-order valence-corrected chi connectivity index (χ1v) is 7.28. The Bertz CT molecular complexity index is 607. The van der Waals surface area contributed by atoms with Gasteiger partial charge >= 0.3 is 0 Å². The van der Waals surface area contributed by atoms with Crippen LogP contribution in [-0.2, 0) is 5.54 Å². The van der Waals surface area contributed by atoms with Gasteiger partial charge in [0.1, 0.15) is 16.6 Å². The molecule has 0 aliphatic rings. The molecule has 0 spiro atoms. The van der Waals surface area contributed by atoms with Gasteiger partial charge in [-0.2, -0.15) is 0 Å². The summed E-state index contributed by atoms with van der Waals surface area (Å²) in [4.78, 5) is 5.29. The summed E-state index contributed by atoms with van der Waals surface area (Å²) in [6, 6.07) is 3.82. The van der Waals surface area contributed by atoms with E-state index < -0.39 is 17.2 Å². The lowest BCUT2D eigenvalue weighted by Gasteiger charge is -2.19. The second kappa shape index (κ2) is 5.22. The smallest absolute Gasteiger partial charge is 0.136 e. The number of aromatic nitrogens is 1. The molecular weight excluding hydrogens is 278 g/mol. The normalized spacial score (nSPS) is 12.2. The van der Waals surface area contributed by atoms with Crippen molar-refractivity contribution in [1.29, 1.82) is 0 Å². The van der Waals surface area contributed by atoms with E-state index in [0.717, 1.165) is 10.6 Å². The minimum atomic E-state index is -0.601. The van der Waals surface area contributed by atoms with Crippen molar-refractivity contribution in [2.45, 2.75) is 39.2 Å². The van der Waals surface area contributed by atoms with Crippen LogP contribution in [0.15, 0.2) is 18.2 Å². The molecule has 0 atom stereocenters. The van der Waals surface area contributed by atoms with Gasteiger partial charge in [-0.1, -0.05) is 19.9 Å². The summed E-state index contributed by atoms with van der Waals surface area (Å²) in [6.45, 7) is 7.72. The predicted molar refractivity (Wildman–Crippen MR) is 78.8 cm³/mol. The van der Waals surface area contributed by atoms with E-state index in [1.807, 2.05) is 27.7 Å². The predicted octanol–water partition coefficient (Wildman–Crippen LogP) is 4.41. The maximum Gasteiger partial charge on any atom is 0.136 e. The van der Waals surface area contributed by atoms with Crippen molar-refractivity contribution in [3.63, 3.8) is 0 Å². The molecule has 2 nitrogen and oxygen atoms in total. The second-order valence-electron chi connectivity index (χ2n) is 5.71. The van der Waals surface area contributed by atoms with Crippen LogP contribution in [0.25, 0.3) is 10.6 Å². The zero-order valence-corrected chi connectivity index (χ0v) is 12.8. The highest BCUT2D eigenvalue weighted by Crippen LogP contribution is 2.38. The number of benzene rings is 1. The Morgan fingerprint density at radius 2 is 1.75 bits per heavy atom. The zero-order chi connectivity index (χ0) is 15.1. The number of halogens is 2. The van der Waals surface area contributed by atoms with Crippen molar-refractivity contribution < 1.29 is 8.78 Å². The molecule has 0 aliphatic heterocycles. The molecule has 0 bridgehead atoms. The Labute approximate surface area is 121 Å². The van der Waals surface area contributed by atoms with Gasteiger partial charge in [0.25, 0.3) is 0 Å². The topological polar surface area (TPSA) is 38.9 Å². The monoisotopic (exact) mass is 296 g/mol.